The minimum atomic E-state index is -0.309. The number of amides is 2. The third-order valence-corrected chi connectivity index (χ3v) is 4.03. The van der Waals surface area contributed by atoms with Gasteiger partial charge in [-0.15, -0.1) is 12.4 Å². The van der Waals surface area contributed by atoms with Gasteiger partial charge in [-0.2, -0.15) is 0 Å². The van der Waals surface area contributed by atoms with Crippen molar-refractivity contribution in [3.63, 3.8) is 0 Å². The lowest BCUT2D eigenvalue weighted by atomic mass is 10.0. The fourth-order valence-corrected chi connectivity index (χ4v) is 2.20. The molecule has 0 aliphatic heterocycles. The molecule has 1 aromatic carbocycles. The van der Waals surface area contributed by atoms with E-state index in [2.05, 4.69) is 5.32 Å². The molecule has 0 radical (unpaired) electrons. The van der Waals surface area contributed by atoms with Gasteiger partial charge in [0, 0.05) is 24.8 Å². The number of halogens is 2. The fourth-order valence-electron chi connectivity index (χ4n) is 1.94. The summed E-state index contributed by atoms with van der Waals surface area (Å²) in [6.45, 7) is 8.62. The van der Waals surface area contributed by atoms with Crippen LogP contribution in [0.4, 0.5) is 5.69 Å². The molecule has 1 rings (SSSR count). The molecular formula is C16H25Cl2N3O2. The molecule has 0 heterocycles. The van der Waals surface area contributed by atoms with Gasteiger partial charge >= 0.3 is 0 Å². The van der Waals surface area contributed by atoms with E-state index in [1.165, 1.54) is 0 Å². The minimum Gasteiger partial charge on any atom is -0.339 e. The zero-order valence-electron chi connectivity index (χ0n) is 13.9. The highest BCUT2D eigenvalue weighted by molar-refractivity contribution is 6.34. The van der Waals surface area contributed by atoms with Gasteiger partial charge in [0.05, 0.1) is 16.5 Å². The Kier molecular flexibility index (Phi) is 9.20. The van der Waals surface area contributed by atoms with E-state index < -0.39 is 0 Å². The topological polar surface area (TPSA) is 75.4 Å². The molecule has 0 aliphatic rings. The van der Waals surface area contributed by atoms with E-state index in [1.807, 2.05) is 13.8 Å². The first-order valence-corrected chi connectivity index (χ1v) is 7.84. The Bertz CT molecular complexity index is 546. The van der Waals surface area contributed by atoms with E-state index in [4.69, 9.17) is 17.3 Å². The van der Waals surface area contributed by atoms with Gasteiger partial charge in [0.2, 0.25) is 5.91 Å². The van der Waals surface area contributed by atoms with E-state index in [1.54, 1.807) is 36.9 Å². The van der Waals surface area contributed by atoms with Crippen LogP contribution in [0.25, 0.3) is 0 Å². The zero-order chi connectivity index (χ0) is 16.9. The summed E-state index contributed by atoms with van der Waals surface area (Å²) in [5, 5.41) is 3.08. The van der Waals surface area contributed by atoms with Crippen molar-refractivity contribution in [2.75, 3.05) is 18.4 Å². The van der Waals surface area contributed by atoms with Crippen LogP contribution in [0, 0.1) is 5.92 Å². The van der Waals surface area contributed by atoms with Crippen molar-refractivity contribution in [2.45, 2.75) is 33.7 Å². The third-order valence-electron chi connectivity index (χ3n) is 3.72. The Morgan fingerprint density at radius 2 is 1.83 bits per heavy atom. The van der Waals surface area contributed by atoms with Crippen LogP contribution in [0.1, 0.15) is 38.1 Å². The molecule has 0 aromatic heterocycles. The molecule has 0 saturated carbocycles. The summed E-state index contributed by atoms with van der Waals surface area (Å²) in [4.78, 5) is 26.0. The lowest BCUT2D eigenvalue weighted by molar-refractivity contribution is -0.119. The van der Waals surface area contributed by atoms with Gasteiger partial charge in [-0.25, -0.2) is 0 Å². The van der Waals surface area contributed by atoms with Crippen molar-refractivity contribution in [2.24, 2.45) is 11.7 Å². The SMILES string of the molecule is CCN(CC)C(=O)c1ccc(NC(=O)C(C)C(C)N)cc1Cl.Cl. The molecule has 0 aliphatic carbocycles. The molecule has 130 valence electrons. The number of nitrogens with one attached hydrogen (secondary N) is 1. The number of hydrogen-bond acceptors (Lipinski definition) is 3. The molecular weight excluding hydrogens is 337 g/mol. The number of benzene rings is 1. The summed E-state index contributed by atoms with van der Waals surface area (Å²) in [6.07, 6.45) is 0. The Morgan fingerprint density at radius 3 is 2.26 bits per heavy atom. The summed E-state index contributed by atoms with van der Waals surface area (Å²) in [7, 11) is 0. The number of hydrogen-bond donors (Lipinski definition) is 2. The predicted molar refractivity (Wildman–Crippen MR) is 97.4 cm³/mol. The fraction of sp³-hybridized carbons (Fsp3) is 0.500. The Morgan fingerprint density at radius 1 is 1.26 bits per heavy atom. The van der Waals surface area contributed by atoms with Crippen LogP contribution in [0.5, 0.6) is 0 Å². The molecule has 3 N–H and O–H groups in total. The largest absolute Gasteiger partial charge is 0.339 e. The van der Waals surface area contributed by atoms with Crippen molar-refractivity contribution >= 4 is 41.5 Å². The number of rotatable bonds is 6. The zero-order valence-corrected chi connectivity index (χ0v) is 15.5. The van der Waals surface area contributed by atoms with Gasteiger partial charge in [0.1, 0.15) is 0 Å². The summed E-state index contributed by atoms with van der Waals surface area (Å²) in [6, 6.07) is 4.66. The highest BCUT2D eigenvalue weighted by Crippen LogP contribution is 2.23. The lowest BCUT2D eigenvalue weighted by Gasteiger charge is -2.20. The highest BCUT2D eigenvalue weighted by atomic mass is 35.5. The first kappa shape index (κ1) is 21.7. The summed E-state index contributed by atoms with van der Waals surface area (Å²) < 4.78 is 0. The van der Waals surface area contributed by atoms with Crippen LogP contribution in [0.15, 0.2) is 18.2 Å². The van der Waals surface area contributed by atoms with Gasteiger partial charge in [0.15, 0.2) is 0 Å². The third kappa shape index (κ3) is 5.68. The molecule has 2 atom stereocenters. The van der Waals surface area contributed by atoms with E-state index in [-0.39, 0.29) is 36.2 Å². The standard InChI is InChI=1S/C16H24ClN3O2.ClH/c1-5-20(6-2)16(22)13-8-7-12(9-14(13)17)19-15(21)10(3)11(4)18;/h7-11H,5-6,18H2,1-4H3,(H,19,21);1H. The molecule has 0 fully saturated rings. The number of nitrogens with zero attached hydrogens (tertiary/aromatic N) is 1. The smallest absolute Gasteiger partial charge is 0.255 e. The number of carbonyl (C=O) groups is 2. The van der Waals surface area contributed by atoms with Crippen LogP contribution in [0.2, 0.25) is 5.02 Å². The molecule has 0 saturated heterocycles. The summed E-state index contributed by atoms with van der Waals surface area (Å²) >= 11 is 6.18. The second-order valence-corrected chi connectivity index (χ2v) is 5.72. The van der Waals surface area contributed by atoms with Crippen molar-refractivity contribution in [1.29, 1.82) is 0 Å². The van der Waals surface area contributed by atoms with Crippen molar-refractivity contribution < 1.29 is 9.59 Å². The second kappa shape index (κ2) is 9.75. The normalized spacial score (nSPS) is 12.8. The number of anilines is 1. The minimum absolute atomic E-state index is 0. The Labute approximate surface area is 149 Å². The molecule has 0 bridgehead atoms. The Balaban J connectivity index is 0.00000484. The molecule has 5 nitrogen and oxygen atoms in total. The second-order valence-electron chi connectivity index (χ2n) is 5.31. The van der Waals surface area contributed by atoms with Gasteiger partial charge in [-0.05, 0) is 39.0 Å². The molecule has 2 unspecified atom stereocenters. The molecule has 0 spiro atoms. The molecule has 1 aromatic rings. The van der Waals surface area contributed by atoms with Crippen LogP contribution >= 0.6 is 24.0 Å². The molecule has 7 heteroatoms. The quantitative estimate of drug-likeness (QED) is 0.816. The van der Waals surface area contributed by atoms with Crippen molar-refractivity contribution in [3.8, 4) is 0 Å². The van der Waals surface area contributed by atoms with Gasteiger partial charge in [0.25, 0.3) is 5.91 Å². The van der Waals surface area contributed by atoms with E-state index in [0.29, 0.717) is 29.4 Å². The first-order chi connectivity index (χ1) is 10.3. The van der Waals surface area contributed by atoms with Gasteiger partial charge < -0.3 is 16.0 Å². The van der Waals surface area contributed by atoms with Crippen molar-refractivity contribution in [1.82, 2.24) is 4.90 Å². The van der Waals surface area contributed by atoms with Gasteiger partial charge in [-0.1, -0.05) is 18.5 Å². The lowest BCUT2D eigenvalue weighted by Crippen LogP contribution is -2.34. The number of carbonyl (C=O) groups excluding carboxylic acids is 2. The predicted octanol–water partition coefficient (Wildman–Crippen LogP) is 3.17. The van der Waals surface area contributed by atoms with E-state index >= 15 is 0 Å². The van der Waals surface area contributed by atoms with Crippen LogP contribution in [0.3, 0.4) is 0 Å². The maximum atomic E-state index is 12.3. The molecule has 23 heavy (non-hydrogen) atoms. The van der Waals surface area contributed by atoms with Crippen LogP contribution in [-0.2, 0) is 4.79 Å². The maximum Gasteiger partial charge on any atom is 0.255 e. The van der Waals surface area contributed by atoms with Gasteiger partial charge in [-0.3, -0.25) is 9.59 Å². The molecule has 2 amide bonds. The Hall–Kier alpha value is -1.30. The average molecular weight is 362 g/mol. The average Bonchev–Trinajstić information content (AvgIpc) is 2.47. The highest BCUT2D eigenvalue weighted by Gasteiger charge is 2.19. The summed E-state index contributed by atoms with van der Waals surface area (Å²) in [5.74, 6) is -0.596. The van der Waals surface area contributed by atoms with E-state index in [0.717, 1.165) is 0 Å². The maximum absolute atomic E-state index is 12.3. The van der Waals surface area contributed by atoms with E-state index in [9.17, 15) is 9.59 Å². The monoisotopic (exact) mass is 361 g/mol. The first-order valence-electron chi connectivity index (χ1n) is 7.47. The van der Waals surface area contributed by atoms with Crippen LogP contribution < -0.4 is 11.1 Å². The van der Waals surface area contributed by atoms with Crippen molar-refractivity contribution in [3.05, 3.63) is 28.8 Å². The summed E-state index contributed by atoms with van der Waals surface area (Å²) in [5.41, 5.74) is 6.70. The van der Waals surface area contributed by atoms with Crippen LogP contribution in [-0.4, -0.2) is 35.8 Å². The number of nitrogens with two attached hydrogens (primary N) is 1.